The van der Waals surface area contributed by atoms with E-state index in [1.807, 2.05) is 55.7 Å². The number of benzene rings is 2. The summed E-state index contributed by atoms with van der Waals surface area (Å²) in [4.78, 5) is 29.2. The second-order valence-electron chi connectivity index (χ2n) is 6.81. The van der Waals surface area contributed by atoms with Gasteiger partial charge in [-0.25, -0.2) is 0 Å². The van der Waals surface area contributed by atoms with Gasteiger partial charge in [0.15, 0.2) is 4.80 Å². The van der Waals surface area contributed by atoms with E-state index in [2.05, 4.69) is 10.3 Å². The van der Waals surface area contributed by atoms with Gasteiger partial charge in [0.2, 0.25) is 5.91 Å². The Kier molecular flexibility index (Phi) is 6.61. The maximum Gasteiger partial charge on any atom is 0.279 e. The van der Waals surface area contributed by atoms with Crippen LogP contribution in [0.5, 0.6) is 0 Å². The molecule has 0 fully saturated rings. The molecular formula is C22H25N3O3S. The quantitative estimate of drug-likeness (QED) is 0.622. The van der Waals surface area contributed by atoms with Crippen molar-refractivity contribution in [1.82, 2.24) is 4.57 Å². The van der Waals surface area contributed by atoms with Crippen molar-refractivity contribution in [2.24, 2.45) is 4.99 Å². The Balaban J connectivity index is 2.06. The molecule has 6 nitrogen and oxygen atoms in total. The molecule has 0 radical (unpaired) electrons. The van der Waals surface area contributed by atoms with E-state index in [1.54, 1.807) is 6.07 Å². The molecule has 0 aliphatic carbocycles. The van der Waals surface area contributed by atoms with Crippen molar-refractivity contribution in [1.29, 1.82) is 0 Å². The minimum Gasteiger partial charge on any atom is -0.380 e. The molecule has 0 aliphatic rings. The molecule has 2 amide bonds. The summed E-state index contributed by atoms with van der Waals surface area (Å²) in [6.07, 6.45) is 0. The zero-order valence-corrected chi connectivity index (χ0v) is 17.9. The molecule has 3 aromatic rings. The zero-order chi connectivity index (χ0) is 21.0. The first-order chi connectivity index (χ1) is 13.9. The van der Waals surface area contributed by atoms with E-state index in [9.17, 15) is 9.59 Å². The van der Waals surface area contributed by atoms with Gasteiger partial charge in [0, 0.05) is 31.3 Å². The van der Waals surface area contributed by atoms with Crippen LogP contribution in [0, 0.1) is 13.8 Å². The number of anilines is 1. The predicted octanol–water partition coefficient (Wildman–Crippen LogP) is 4.06. The molecule has 7 heteroatoms. The fourth-order valence-corrected chi connectivity index (χ4v) is 4.08. The molecule has 1 heterocycles. The Bertz CT molecular complexity index is 1130. The Hall–Kier alpha value is -2.77. The van der Waals surface area contributed by atoms with Crippen molar-refractivity contribution in [3.05, 3.63) is 57.9 Å². The molecule has 0 bridgehead atoms. The Labute approximate surface area is 173 Å². The zero-order valence-electron chi connectivity index (χ0n) is 17.1. The maximum atomic E-state index is 12.8. The van der Waals surface area contributed by atoms with Gasteiger partial charge in [0.1, 0.15) is 0 Å². The van der Waals surface area contributed by atoms with E-state index in [0.29, 0.717) is 30.1 Å². The van der Waals surface area contributed by atoms with Gasteiger partial charge in [0.25, 0.3) is 5.91 Å². The highest BCUT2D eigenvalue weighted by Crippen LogP contribution is 2.22. The van der Waals surface area contributed by atoms with Crippen LogP contribution in [-0.4, -0.2) is 29.6 Å². The Morgan fingerprint density at radius 3 is 2.62 bits per heavy atom. The van der Waals surface area contributed by atoms with E-state index in [0.717, 1.165) is 27.0 Å². The van der Waals surface area contributed by atoms with Gasteiger partial charge >= 0.3 is 0 Å². The van der Waals surface area contributed by atoms with Crippen LogP contribution in [-0.2, 0) is 16.1 Å². The number of nitrogens with one attached hydrogen (secondary N) is 1. The maximum absolute atomic E-state index is 12.8. The third-order valence-electron chi connectivity index (χ3n) is 4.62. The number of nitrogens with zero attached hydrogens (tertiary/aromatic N) is 2. The predicted molar refractivity (Wildman–Crippen MR) is 116 cm³/mol. The number of rotatable bonds is 6. The number of aryl methyl sites for hydroxylation is 2. The second-order valence-corrected chi connectivity index (χ2v) is 7.82. The van der Waals surface area contributed by atoms with Crippen LogP contribution in [0.2, 0.25) is 0 Å². The first-order valence-corrected chi connectivity index (χ1v) is 10.4. The summed E-state index contributed by atoms with van der Waals surface area (Å²) in [5, 5.41) is 2.79. The van der Waals surface area contributed by atoms with Crippen molar-refractivity contribution in [2.75, 3.05) is 18.5 Å². The number of carbonyl (C=O) groups excluding carboxylic acids is 2. The fourth-order valence-electron chi connectivity index (χ4n) is 2.98. The number of ether oxygens (including phenoxy) is 1. The highest BCUT2D eigenvalue weighted by molar-refractivity contribution is 7.16. The van der Waals surface area contributed by atoms with Crippen LogP contribution in [0.15, 0.2) is 41.4 Å². The molecule has 0 atom stereocenters. The minimum atomic E-state index is -0.271. The SMILES string of the molecule is CCOCCn1c(=NC(=O)c2ccc(C)c(C)c2)sc2cc(NC(C)=O)ccc21. The summed E-state index contributed by atoms with van der Waals surface area (Å²) in [5.74, 6) is -0.396. The van der Waals surface area contributed by atoms with Gasteiger partial charge < -0.3 is 14.6 Å². The van der Waals surface area contributed by atoms with Crippen molar-refractivity contribution >= 4 is 39.1 Å². The first kappa shape index (κ1) is 21.0. The highest BCUT2D eigenvalue weighted by atomic mass is 32.1. The van der Waals surface area contributed by atoms with Crippen LogP contribution in [0.4, 0.5) is 5.69 Å². The molecule has 0 unspecified atom stereocenters. The number of carbonyl (C=O) groups is 2. The average Bonchev–Trinajstić information content (AvgIpc) is 3.00. The molecule has 0 saturated carbocycles. The molecule has 1 aromatic heterocycles. The van der Waals surface area contributed by atoms with Crippen LogP contribution in [0.3, 0.4) is 0 Å². The fraction of sp³-hybridized carbons (Fsp3) is 0.318. The van der Waals surface area contributed by atoms with Gasteiger partial charge in [0.05, 0.1) is 16.8 Å². The largest absolute Gasteiger partial charge is 0.380 e. The summed E-state index contributed by atoms with van der Waals surface area (Å²) in [7, 11) is 0. The molecule has 0 spiro atoms. The first-order valence-electron chi connectivity index (χ1n) is 9.54. The second kappa shape index (κ2) is 9.15. The summed E-state index contributed by atoms with van der Waals surface area (Å²) in [6, 6.07) is 11.3. The molecular weight excluding hydrogens is 386 g/mol. The Morgan fingerprint density at radius 1 is 1.14 bits per heavy atom. The van der Waals surface area contributed by atoms with Gasteiger partial charge in [-0.15, -0.1) is 0 Å². The van der Waals surface area contributed by atoms with Gasteiger partial charge in [-0.2, -0.15) is 4.99 Å². The molecule has 0 aliphatic heterocycles. The number of fused-ring (bicyclic) bond motifs is 1. The van der Waals surface area contributed by atoms with Crippen LogP contribution < -0.4 is 10.1 Å². The molecule has 0 saturated heterocycles. The van der Waals surface area contributed by atoms with E-state index in [4.69, 9.17) is 4.74 Å². The number of hydrogen-bond acceptors (Lipinski definition) is 4. The lowest BCUT2D eigenvalue weighted by Crippen LogP contribution is -2.19. The van der Waals surface area contributed by atoms with E-state index in [-0.39, 0.29) is 11.8 Å². The van der Waals surface area contributed by atoms with Crippen molar-refractivity contribution in [3.8, 4) is 0 Å². The Morgan fingerprint density at radius 2 is 1.93 bits per heavy atom. The lowest BCUT2D eigenvalue weighted by molar-refractivity contribution is -0.114. The summed E-state index contributed by atoms with van der Waals surface area (Å²) < 4.78 is 8.44. The van der Waals surface area contributed by atoms with Gasteiger partial charge in [-0.3, -0.25) is 9.59 Å². The van der Waals surface area contributed by atoms with Crippen LogP contribution >= 0.6 is 11.3 Å². The van der Waals surface area contributed by atoms with Crippen LogP contribution in [0.1, 0.15) is 35.3 Å². The normalized spacial score (nSPS) is 11.8. The molecule has 2 aromatic carbocycles. The van der Waals surface area contributed by atoms with E-state index in [1.165, 1.54) is 18.3 Å². The third kappa shape index (κ3) is 4.99. The number of hydrogen-bond donors (Lipinski definition) is 1. The number of aromatic nitrogens is 1. The van der Waals surface area contributed by atoms with Crippen molar-refractivity contribution in [3.63, 3.8) is 0 Å². The number of amides is 2. The lowest BCUT2D eigenvalue weighted by atomic mass is 10.1. The number of thiazole rings is 1. The molecule has 29 heavy (non-hydrogen) atoms. The minimum absolute atomic E-state index is 0.125. The standard InChI is InChI=1S/C22H25N3O3S/c1-5-28-11-10-25-19-9-8-18(23-16(4)26)13-20(19)29-22(25)24-21(27)17-7-6-14(2)15(3)12-17/h6-9,12-13H,5,10-11H2,1-4H3,(H,23,26). The topological polar surface area (TPSA) is 72.7 Å². The highest BCUT2D eigenvalue weighted by Gasteiger charge is 2.11. The molecule has 152 valence electrons. The van der Waals surface area contributed by atoms with Gasteiger partial charge in [-0.1, -0.05) is 17.4 Å². The van der Waals surface area contributed by atoms with Gasteiger partial charge in [-0.05, 0) is 62.2 Å². The van der Waals surface area contributed by atoms with Crippen molar-refractivity contribution in [2.45, 2.75) is 34.2 Å². The molecule has 1 N–H and O–H groups in total. The smallest absolute Gasteiger partial charge is 0.279 e. The van der Waals surface area contributed by atoms with Crippen LogP contribution in [0.25, 0.3) is 10.2 Å². The average molecular weight is 412 g/mol. The van der Waals surface area contributed by atoms with E-state index < -0.39 is 0 Å². The van der Waals surface area contributed by atoms with E-state index >= 15 is 0 Å². The molecule has 3 rings (SSSR count). The van der Waals surface area contributed by atoms with Crippen molar-refractivity contribution < 1.29 is 14.3 Å². The summed E-state index contributed by atoms with van der Waals surface area (Å²) >= 11 is 1.42. The summed E-state index contributed by atoms with van der Waals surface area (Å²) in [5.41, 5.74) is 4.44. The monoisotopic (exact) mass is 411 g/mol. The third-order valence-corrected chi connectivity index (χ3v) is 5.66. The lowest BCUT2D eigenvalue weighted by Gasteiger charge is -2.06. The summed E-state index contributed by atoms with van der Waals surface area (Å²) in [6.45, 7) is 9.17.